The van der Waals surface area contributed by atoms with Gasteiger partial charge in [0, 0.05) is 35.1 Å². The van der Waals surface area contributed by atoms with Gasteiger partial charge in [-0.1, -0.05) is 59.8 Å². The maximum absolute atomic E-state index is 12.6. The van der Waals surface area contributed by atoms with E-state index in [9.17, 15) is 4.79 Å². The number of halogens is 1. The minimum absolute atomic E-state index is 0.0942. The van der Waals surface area contributed by atoms with Gasteiger partial charge in [-0.25, -0.2) is 4.98 Å². The zero-order valence-corrected chi connectivity index (χ0v) is 19.4. The van der Waals surface area contributed by atoms with E-state index in [-0.39, 0.29) is 5.56 Å². The standard InChI is InChI=1S/C25H20ClN5OS/c1-17-7-12-22-27-20(14-24(32)30(22)15-17)16-33-25-29-28-23(13-18-5-3-2-4-6-18)31(25)21-10-8-19(26)9-11-21/h2-12,14-15H,13,16H2,1H3. The Kier molecular flexibility index (Phi) is 5.98. The van der Waals surface area contributed by atoms with Gasteiger partial charge in [-0.2, -0.15) is 0 Å². The van der Waals surface area contributed by atoms with Gasteiger partial charge in [-0.3, -0.25) is 13.8 Å². The highest BCUT2D eigenvalue weighted by molar-refractivity contribution is 7.98. The van der Waals surface area contributed by atoms with E-state index in [1.807, 2.05) is 66.1 Å². The van der Waals surface area contributed by atoms with Crippen molar-refractivity contribution in [2.24, 2.45) is 0 Å². The van der Waals surface area contributed by atoms with Gasteiger partial charge < -0.3 is 0 Å². The maximum Gasteiger partial charge on any atom is 0.258 e. The predicted molar refractivity (Wildman–Crippen MR) is 131 cm³/mol. The van der Waals surface area contributed by atoms with Crippen LogP contribution < -0.4 is 5.56 Å². The first-order valence-electron chi connectivity index (χ1n) is 10.4. The van der Waals surface area contributed by atoms with E-state index >= 15 is 0 Å². The first-order chi connectivity index (χ1) is 16.1. The van der Waals surface area contributed by atoms with Crippen molar-refractivity contribution in [2.75, 3.05) is 0 Å². The molecule has 0 unspecified atom stereocenters. The third-order valence-corrected chi connectivity index (χ3v) is 6.41. The molecule has 0 fully saturated rings. The lowest BCUT2D eigenvalue weighted by atomic mass is 10.1. The molecular formula is C25H20ClN5OS. The van der Waals surface area contributed by atoms with E-state index < -0.39 is 0 Å². The number of benzene rings is 2. The summed E-state index contributed by atoms with van der Waals surface area (Å²) in [5.41, 5.74) is 4.33. The molecule has 6 nitrogen and oxygen atoms in total. The van der Waals surface area contributed by atoms with Gasteiger partial charge in [0.25, 0.3) is 5.56 Å². The van der Waals surface area contributed by atoms with E-state index in [1.54, 1.807) is 16.7 Å². The van der Waals surface area contributed by atoms with Gasteiger partial charge in [0.05, 0.1) is 5.69 Å². The molecule has 2 aromatic carbocycles. The molecule has 0 N–H and O–H groups in total. The number of aryl methyl sites for hydroxylation is 1. The molecule has 0 amide bonds. The van der Waals surface area contributed by atoms with Crippen LogP contribution in [0.15, 0.2) is 88.9 Å². The maximum atomic E-state index is 12.6. The van der Waals surface area contributed by atoms with Gasteiger partial charge in [-0.05, 0) is 48.4 Å². The highest BCUT2D eigenvalue weighted by Crippen LogP contribution is 2.26. The average molecular weight is 474 g/mol. The van der Waals surface area contributed by atoms with Crippen LogP contribution in [0.5, 0.6) is 0 Å². The minimum Gasteiger partial charge on any atom is -0.274 e. The van der Waals surface area contributed by atoms with Crippen molar-refractivity contribution in [3.05, 3.63) is 117 Å². The Labute approximate surface area is 199 Å². The fourth-order valence-corrected chi connectivity index (χ4v) is 4.60. The van der Waals surface area contributed by atoms with E-state index in [1.165, 1.54) is 11.8 Å². The summed E-state index contributed by atoms with van der Waals surface area (Å²) in [7, 11) is 0. The van der Waals surface area contributed by atoms with E-state index in [0.29, 0.717) is 28.5 Å². The minimum atomic E-state index is -0.0942. The Hall–Kier alpha value is -3.42. The zero-order valence-electron chi connectivity index (χ0n) is 17.9. The molecule has 0 atom stereocenters. The Bertz CT molecular complexity index is 1480. The fraction of sp³-hybridized carbons (Fsp3) is 0.120. The summed E-state index contributed by atoms with van der Waals surface area (Å²) in [5.74, 6) is 1.32. The van der Waals surface area contributed by atoms with Crippen molar-refractivity contribution in [1.29, 1.82) is 0 Å². The lowest BCUT2D eigenvalue weighted by Gasteiger charge is -2.11. The number of nitrogens with zero attached hydrogens (tertiary/aromatic N) is 5. The van der Waals surface area contributed by atoms with Gasteiger partial charge in [-0.15, -0.1) is 10.2 Å². The molecular weight excluding hydrogens is 454 g/mol. The van der Waals surface area contributed by atoms with Crippen molar-refractivity contribution in [3.8, 4) is 5.69 Å². The molecule has 164 valence electrons. The largest absolute Gasteiger partial charge is 0.274 e. The van der Waals surface area contributed by atoms with Crippen LogP contribution in [0.2, 0.25) is 5.02 Å². The molecule has 3 aromatic heterocycles. The molecule has 5 rings (SSSR count). The van der Waals surface area contributed by atoms with E-state index in [4.69, 9.17) is 11.6 Å². The average Bonchev–Trinajstić information content (AvgIpc) is 3.21. The predicted octanol–water partition coefficient (Wildman–Crippen LogP) is 5.12. The molecule has 8 heteroatoms. The second-order valence-electron chi connectivity index (χ2n) is 7.68. The molecule has 33 heavy (non-hydrogen) atoms. The number of hydrogen-bond acceptors (Lipinski definition) is 5. The van der Waals surface area contributed by atoms with Crippen LogP contribution in [0.3, 0.4) is 0 Å². The normalized spacial score (nSPS) is 11.2. The third kappa shape index (κ3) is 4.69. The molecule has 0 aliphatic heterocycles. The molecule has 0 aliphatic carbocycles. The van der Waals surface area contributed by atoms with Gasteiger partial charge in [0.2, 0.25) is 0 Å². The van der Waals surface area contributed by atoms with E-state index in [0.717, 1.165) is 27.8 Å². The number of rotatable bonds is 6. The Morgan fingerprint density at radius 2 is 1.76 bits per heavy atom. The highest BCUT2D eigenvalue weighted by Gasteiger charge is 2.16. The molecule has 0 spiro atoms. The highest BCUT2D eigenvalue weighted by atomic mass is 35.5. The van der Waals surface area contributed by atoms with Crippen LogP contribution in [-0.2, 0) is 12.2 Å². The number of hydrogen-bond donors (Lipinski definition) is 0. The molecule has 5 aromatic rings. The Morgan fingerprint density at radius 1 is 0.970 bits per heavy atom. The summed E-state index contributed by atoms with van der Waals surface area (Å²) in [6, 6.07) is 23.2. The van der Waals surface area contributed by atoms with E-state index in [2.05, 4.69) is 27.3 Å². The lowest BCUT2D eigenvalue weighted by Crippen LogP contribution is -2.15. The van der Waals surface area contributed by atoms with Crippen molar-refractivity contribution < 1.29 is 0 Å². The second-order valence-corrected chi connectivity index (χ2v) is 9.06. The fourth-order valence-electron chi connectivity index (χ4n) is 3.61. The molecule has 0 aliphatic rings. The van der Waals surface area contributed by atoms with Crippen molar-refractivity contribution in [1.82, 2.24) is 24.1 Å². The second kappa shape index (κ2) is 9.21. The summed E-state index contributed by atoms with van der Waals surface area (Å²) in [5, 5.41) is 10.3. The van der Waals surface area contributed by atoms with Gasteiger partial charge in [0.1, 0.15) is 11.5 Å². The molecule has 0 bridgehead atoms. The smallest absolute Gasteiger partial charge is 0.258 e. The van der Waals surface area contributed by atoms with Crippen molar-refractivity contribution in [3.63, 3.8) is 0 Å². The topological polar surface area (TPSA) is 65.1 Å². The summed E-state index contributed by atoms with van der Waals surface area (Å²) in [6.07, 6.45) is 2.45. The van der Waals surface area contributed by atoms with Crippen LogP contribution in [0.4, 0.5) is 0 Å². The molecule has 0 saturated carbocycles. The first-order valence-corrected chi connectivity index (χ1v) is 11.8. The Balaban J connectivity index is 1.48. The summed E-state index contributed by atoms with van der Waals surface area (Å²) in [6.45, 7) is 1.95. The van der Waals surface area contributed by atoms with Crippen molar-refractivity contribution in [2.45, 2.75) is 24.3 Å². The number of pyridine rings is 1. The zero-order chi connectivity index (χ0) is 22.8. The first kappa shape index (κ1) is 21.4. The van der Waals surface area contributed by atoms with Crippen LogP contribution in [0.1, 0.15) is 22.6 Å². The van der Waals surface area contributed by atoms with Crippen molar-refractivity contribution >= 4 is 29.0 Å². The summed E-state index contributed by atoms with van der Waals surface area (Å²) < 4.78 is 3.60. The summed E-state index contributed by atoms with van der Waals surface area (Å²) >= 11 is 7.61. The van der Waals surface area contributed by atoms with Crippen LogP contribution in [-0.4, -0.2) is 24.1 Å². The van der Waals surface area contributed by atoms with Gasteiger partial charge in [0.15, 0.2) is 5.16 Å². The lowest BCUT2D eigenvalue weighted by molar-refractivity contribution is 0.847. The SMILES string of the molecule is Cc1ccc2nc(CSc3nnc(Cc4ccccc4)n3-c3ccc(Cl)cc3)cc(=O)n2c1. The monoisotopic (exact) mass is 473 g/mol. The van der Waals surface area contributed by atoms with Crippen LogP contribution in [0, 0.1) is 6.92 Å². The molecule has 0 saturated heterocycles. The summed E-state index contributed by atoms with van der Waals surface area (Å²) in [4.78, 5) is 17.2. The quantitative estimate of drug-likeness (QED) is 0.320. The van der Waals surface area contributed by atoms with Crippen LogP contribution >= 0.6 is 23.4 Å². The van der Waals surface area contributed by atoms with Gasteiger partial charge >= 0.3 is 0 Å². The Morgan fingerprint density at radius 3 is 2.55 bits per heavy atom. The molecule has 3 heterocycles. The number of fused-ring (bicyclic) bond motifs is 1. The number of thioether (sulfide) groups is 1. The third-order valence-electron chi connectivity index (χ3n) is 5.20. The van der Waals surface area contributed by atoms with Crippen LogP contribution in [0.25, 0.3) is 11.3 Å². The number of aromatic nitrogens is 5. The molecule has 0 radical (unpaired) electrons.